The van der Waals surface area contributed by atoms with Gasteiger partial charge in [-0.05, 0) is 7.05 Å². The van der Waals surface area contributed by atoms with Crippen molar-refractivity contribution in [3.05, 3.63) is 39.5 Å². The molecule has 1 fully saturated rings. The van der Waals surface area contributed by atoms with Crippen LogP contribution in [0.25, 0.3) is 16.2 Å². The number of likely N-dealkylation sites (N-methyl/N-ethyl adjacent to an activating group) is 1. The zero-order valence-electron chi connectivity index (χ0n) is 15.5. The monoisotopic (exact) mass is 420 g/mol. The Balaban J connectivity index is 1.88. The summed E-state index contributed by atoms with van der Waals surface area (Å²) < 4.78 is 20.3. The lowest BCUT2D eigenvalue weighted by Crippen LogP contribution is -2.37. The number of hydrogen-bond acceptors (Lipinski definition) is 9. The fourth-order valence-electron chi connectivity index (χ4n) is 3.36. The number of carboxylic acid groups (broad SMARTS) is 1. The molecule has 4 heterocycles. The van der Waals surface area contributed by atoms with E-state index in [9.17, 15) is 19.1 Å². The number of hydrogen-bond donors (Lipinski definition) is 2. The van der Waals surface area contributed by atoms with Gasteiger partial charge in [-0.2, -0.15) is 14.4 Å². The number of halogens is 1. The highest BCUT2D eigenvalue weighted by atomic mass is 32.1. The number of anilines is 1. The fraction of sp³-hybridized carbons (Fsp3) is 0.353. The minimum absolute atomic E-state index is 0.0110. The van der Waals surface area contributed by atoms with Gasteiger partial charge in [-0.25, -0.2) is 9.78 Å². The van der Waals surface area contributed by atoms with Gasteiger partial charge in [-0.1, -0.05) is 0 Å². The summed E-state index contributed by atoms with van der Waals surface area (Å²) in [6, 6.07) is 0.0731. The molecule has 0 aliphatic carbocycles. The van der Waals surface area contributed by atoms with Gasteiger partial charge >= 0.3 is 5.97 Å². The second-order valence-corrected chi connectivity index (χ2v) is 7.32. The van der Waals surface area contributed by atoms with Crippen LogP contribution in [0.3, 0.4) is 0 Å². The Labute approximate surface area is 167 Å². The number of carboxylic acids is 1. The predicted octanol–water partition coefficient (Wildman–Crippen LogP) is 0.497. The van der Waals surface area contributed by atoms with E-state index in [1.165, 1.54) is 16.1 Å². The fourth-order valence-corrected chi connectivity index (χ4v) is 4.01. The van der Waals surface area contributed by atoms with Crippen LogP contribution in [0.5, 0.6) is 0 Å². The molecule has 12 heteroatoms. The first-order valence-electron chi connectivity index (χ1n) is 8.65. The number of nitrogens with zero attached hydrogens (tertiary/aromatic N) is 5. The molecule has 1 aliphatic heterocycles. The Hall–Kier alpha value is -2.96. The molecule has 0 aromatic carbocycles. The third-order valence-corrected chi connectivity index (χ3v) is 5.67. The third kappa shape index (κ3) is 3.34. The highest BCUT2D eigenvalue weighted by molar-refractivity contribution is 7.12. The average Bonchev–Trinajstić information content (AvgIpc) is 3.33. The maximum absolute atomic E-state index is 13.5. The lowest BCUT2D eigenvalue weighted by Gasteiger charge is -2.17. The van der Waals surface area contributed by atoms with Crippen LogP contribution in [-0.4, -0.2) is 70.0 Å². The van der Waals surface area contributed by atoms with E-state index in [2.05, 4.69) is 20.3 Å². The molecular formula is C17H17FN6O4S. The van der Waals surface area contributed by atoms with E-state index in [0.717, 1.165) is 17.5 Å². The summed E-state index contributed by atoms with van der Waals surface area (Å²) in [5, 5.41) is 13.9. The van der Waals surface area contributed by atoms with Gasteiger partial charge in [0, 0.05) is 38.0 Å². The molecule has 10 nitrogen and oxygen atoms in total. The van der Waals surface area contributed by atoms with Gasteiger partial charge in [0.2, 0.25) is 17.3 Å². The molecule has 2 N–H and O–H groups in total. The van der Waals surface area contributed by atoms with Crippen LogP contribution in [-0.2, 0) is 4.74 Å². The van der Waals surface area contributed by atoms with E-state index in [0.29, 0.717) is 19.0 Å². The van der Waals surface area contributed by atoms with Crippen LogP contribution in [0.2, 0.25) is 0 Å². The molecule has 3 aromatic heterocycles. The van der Waals surface area contributed by atoms with E-state index >= 15 is 0 Å². The Bertz CT molecular complexity index is 1140. The second kappa shape index (κ2) is 7.46. The van der Waals surface area contributed by atoms with Crippen LogP contribution in [0.15, 0.2) is 22.6 Å². The number of fused-ring (bicyclic) bond motifs is 1. The van der Waals surface area contributed by atoms with Gasteiger partial charge in [0.1, 0.15) is 5.56 Å². The Morgan fingerprint density at radius 3 is 2.79 bits per heavy atom. The molecule has 0 amide bonds. The molecule has 0 saturated carbocycles. The summed E-state index contributed by atoms with van der Waals surface area (Å²) in [7, 11) is 3.46. The van der Waals surface area contributed by atoms with Crippen LogP contribution in [0.1, 0.15) is 10.4 Å². The number of aromatic carboxylic acids is 1. The zero-order valence-corrected chi connectivity index (χ0v) is 16.3. The van der Waals surface area contributed by atoms with E-state index in [1.54, 1.807) is 7.11 Å². The number of nitrogens with one attached hydrogen (secondary N) is 1. The lowest BCUT2D eigenvalue weighted by molar-refractivity contribution is 0.0695. The van der Waals surface area contributed by atoms with Crippen molar-refractivity contribution in [1.29, 1.82) is 0 Å². The molecule has 152 valence electrons. The van der Waals surface area contributed by atoms with Gasteiger partial charge in [0.05, 0.1) is 17.5 Å². The van der Waals surface area contributed by atoms with Crippen molar-refractivity contribution in [3.63, 3.8) is 0 Å². The first kappa shape index (κ1) is 19.4. The number of aromatic nitrogens is 4. The molecule has 4 rings (SSSR count). The summed E-state index contributed by atoms with van der Waals surface area (Å²) in [6.45, 7) is 1.13. The predicted molar refractivity (Wildman–Crippen MR) is 104 cm³/mol. The van der Waals surface area contributed by atoms with Crippen molar-refractivity contribution < 1.29 is 19.0 Å². The molecule has 0 bridgehead atoms. The number of methoxy groups -OCH3 is 1. The zero-order chi connectivity index (χ0) is 20.7. The van der Waals surface area contributed by atoms with E-state index in [4.69, 9.17) is 4.74 Å². The van der Waals surface area contributed by atoms with Gasteiger partial charge in [0.25, 0.3) is 0 Å². The van der Waals surface area contributed by atoms with Crippen molar-refractivity contribution in [2.45, 2.75) is 12.1 Å². The van der Waals surface area contributed by atoms with Crippen LogP contribution in [0, 0.1) is 5.95 Å². The van der Waals surface area contributed by atoms with Crippen LogP contribution >= 0.6 is 11.3 Å². The maximum atomic E-state index is 13.5. The van der Waals surface area contributed by atoms with Gasteiger partial charge in [-0.15, -0.1) is 11.3 Å². The van der Waals surface area contributed by atoms with Crippen LogP contribution < -0.4 is 15.6 Å². The summed E-state index contributed by atoms with van der Waals surface area (Å²) in [5.41, 5.74) is -1.03. The molecule has 1 saturated heterocycles. The number of rotatable bonds is 5. The first-order chi connectivity index (χ1) is 13.9. The molecule has 3 aromatic rings. The normalized spacial score (nSPS) is 19.2. The van der Waals surface area contributed by atoms with E-state index in [1.807, 2.05) is 11.9 Å². The molecule has 0 radical (unpaired) electrons. The SMILES string of the molecule is CNC1CN(c2ncc3c(=O)c(C(=O)O)cn(-c4nc(F)cs4)c3n2)CC1OC. The molecule has 29 heavy (non-hydrogen) atoms. The van der Waals surface area contributed by atoms with Crippen molar-refractivity contribution in [1.82, 2.24) is 24.8 Å². The number of ether oxygens (including phenoxy) is 1. The third-order valence-electron chi connectivity index (χ3n) is 4.85. The highest BCUT2D eigenvalue weighted by Crippen LogP contribution is 2.23. The van der Waals surface area contributed by atoms with Crippen LogP contribution in [0.4, 0.5) is 10.3 Å². The Morgan fingerprint density at radius 2 is 2.21 bits per heavy atom. The molecule has 1 aliphatic rings. The highest BCUT2D eigenvalue weighted by Gasteiger charge is 2.33. The smallest absolute Gasteiger partial charge is 0.341 e. The molecule has 2 unspecified atom stereocenters. The number of thiazole rings is 1. The lowest BCUT2D eigenvalue weighted by atomic mass is 10.2. The summed E-state index contributed by atoms with van der Waals surface area (Å²) in [6.07, 6.45) is 2.34. The van der Waals surface area contributed by atoms with Gasteiger partial charge < -0.3 is 20.1 Å². The van der Waals surface area contributed by atoms with Gasteiger partial charge in [0.15, 0.2) is 10.8 Å². The minimum Gasteiger partial charge on any atom is -0.477 e. The number of carbonyl (C=O) groups is 1. The van der Waals surface area contributed by atoms with Crippen molar-refractivity contribution in [2.24, 2.45) is 0 Å². The summed E-state index contributed by atoms with van der Waals surface area (Å²) in [5.74, 6) is -1.75. The standard InChI is InChI=1S/C17H17FN6O4S/c1-19-10-5-23(6-11(10)28-2)16-20-3-8-13(25)9(15(26)27)4-24(14(8)22-16)17-21-12(18)7-29-17/h3-4,7,10-11,19H,5-6H2,1-2H3,(H,26,27). The largest absolute Gasteiger partial charge is 0.477 e. The van der Waals surface area contributed by atoms with E-state index in [-0.39, 0.29) is 28.3 Å². The maximum Gasteiger partial charge on any atom is 0.341 e. The van der Waals surface area contributed by atoms with Crippen molar-refractivity contribution in [3.8, 4) is 5.13 Å². The van der Waals surface area contributed by atoms with Crippen molar-refractivity contribution in [2.75, 3.05) is 32.1 Å². The molecule has 2 atom stereocenters. The Morgan fingerprint density at radius 1 is 1.41 bits per heavy atom. The number of pyridine rings is 1. The first-order valence-corrected chi connectivity index (χ1v) is 9.53. The Kier molecular flexibility index (Phi) is 4.98. The summed E-state index contributed by atoms with van der Waals surface area (Å²) in [4.78, 5) is 38.5. The topological polar surface area (TPSA) is 122 Å². The average molecular weight is 420 g/mol. The molecular weight excluding hydrogens is 403 g/mol. The van der Waals surface area contributed by atoms with Gasteiger partial charge in [-0.3, -0.25) is 9.36 Å². The minimum atomic E-state index is -1.40. The van der Waals surface area contributed by atoms with Crippen molar-refractivity contribution >= 4 is 34.3 Å². The second-order valence-electron chi connectivity index (χ2n) is 6.48. The summed E-state index contributed by atoms with van der Waals surface area (Å²) >= 11 is 0.968. The molecule has 0 spiro atoms. The van der Waals surface area contributed by atoms with E-state index < -0.39 is 22.9 Å². The quantitative estimate of drug-likeness (QED) is 0.607.